The molecule has 23 heavy (non-hydrogen) atoms. The molecule has 1 aromatic carbocycles. The van der Waals surface area contributed by atoms with Gasteiger partial charge in [-0.05, 0) is 40.7 Å². The van der Waals surface area contributed by atoms with Gasteiger partial charge in [0.1, 0.15) is 0 Å². The van der Waals surface area contributed by atoms with Crippen LogP contribution in [0.25, 0.3) is 0 Å². The van der Waals surface area contributed by atoms with E-state index in [0.29, 0.717) is 10.7 Å². The molecular formula is C12H11Cl3N4Na2S2. The minimum absolute atomic E-state index is 0. The van der Waals surface area contributed by atoms with E-state index in [1.165, 1.54) is 5.75 Å². The molecule has 1 aliphatic heterocycles. The molecule has 0 radical (unpaired) electrons. The molecule has 0 atom stereocenters. The van der Waals surface area contributed by atoms with Gasteiger partial charge in [-0.2, -0.15) is 15.0 Å². The van der Waals surface area contributed by atoms with E-state index >= 15 is 0 Å². The van der Waals surface area contributed by atoms with E-state index in [1.807, 2.05) is 33.7 Å². The Morgan fingerprint density at radius 1 is 1.00 bits per heavy atom. The fourth-order valence-corrected chi connectivity index (χ4v) is 3.38. The van der Waals surface area contributed by atoms with E-state index in [-0.39, 0.29) is 78.5 Å². The van der Waals surface area contributed by atoms with E-state index in [4.69, 9.17) is 34.8 Å². The fraction of sp³-hybridized carbons (Fsp3) is 0.0833. The maximum Gasteiger partial charge on any atom is 1.00 e. The van der Waals surface area contributed by atoms with Crippen LogP contribution in [0.5, 0.6) is 0 Å². The third-order valence-electron chi connectivity index (χ3n) is 2.09. The second-order valence-electron chi connectivity index (χ2n) is 3.55. The van der Waals surface area contributed by atoms with Crippen LogP contribution in [0.1, 0.15) is 2.85 Å². The molecule has 1 aliphatic rings. The molecule has 2 heterocycles. The van der Waals surface area contributed by atoms with Crippen LogP contribution in [0.3, 0.4) is 0 Å². The number of hydrogen-bond donors (Lipinski definition) is 1. The van der Waals surface area contributed by atoms with Crippen LogP contribution >= 0.6 is 56.4 Å². The number of benzene rings is 1. The predicted molar refractivity (Wildman–Crippen MR) is 96.0 cm³/mol. The summed E-state index contributed by atoms with van der Waals surface area (Å²) >= 11 is 17.2. The molecule has 3 rings (SSSR count). The van der Waals surface area contributed by atoms with Crippen LogP contribution in [0.4, 0.5) is 11.6 Å². The molecule has 4 nitrogen and oxygen atoms in total. The number of aromatic nitrogens is 3. The molecule has 0 amide bonds. The number of para-hydroxylation sites is 1. The summed E-state index contributed by atoms with van der Waals surface area (Å²) in [5.41, 5.74) is 0.669. The Morgan fingerprint density at radius 3 is 2.13 bits per heavy atom. The van der Waals surface area contributed by atoms with Crippen molar-refractivity contribution in [2.45, 2.75) is 0 Å². The Labute approximate surface area is 204 Å². The zero-order valence-electron chi connectivity index (χ0n) is 14.5. The topological polar surface area (TPSA) is 50.7 Å². The summed E-state index contributed by atoms with van der Waals surface area (Å²) in [6.45, 7) is 0. The molecule has 0 aliphatic carbocycles. The SMILES string of the molecule is C1=CSSC1.Clc1nc(Cl)nc(Nc2ccccc2Cl)n1.[H-].[H-].[Na+].[Na+]. The molecule has 0 saturated heterocycles. The molecule has 0 fully saturated rings. The molecule has 1 N–H and O–H groups in total. The smallest absolute Gasteiger partial charge is 1.00 e. The number of nitrogens with one attached hydrogen (secondary N) is 1. The molecule has 1 aromatic heterocycles. The fourth-order valence-electron chi connectivity index (χ4n) is 1.26. The van der Waals surface area contributed by atoms with Crippen molar-refractivity contribution in [3.05, 3.63) is 51.3 Å². The van der Waals surface area contributed by atoms with Crippen molar-refractivity contribution >= 4 is 68.0 Å². The van der Waals surface area contributed by atoms with Crippen molar-refractivity contribution < 1.29 is 62.0 Å². The Morgan fingerprint density at radius 2 is 1.65 bits per heavy atom. The largest absolute Gasteiger partial charge is 1.00 e. The van der Waals surface area contributed by atoms with Crippen molar-refractivity contribution in [3.63, 3.8) is 0 Å². The Hall–Kier alpha value is 1.34. The van der Waals surface area contributed by atoms with Gasteiger partial charge in [-0.15, -0.1) is 0 Å². The predicted octanol–water partition coefficient (Wildman–Crippen LogP) is -0.296. The van der Waals surface area contributed by atoms with E-state index in [2.05, 4.69) is 31.8 Å². The maximum absolute atomic E-state index is 5.95. The minimum atomic E-state index is 0. The monoisotopic (exact) mass is 426 g/mol. The number of nitrogens with zero attached hydrogens (tertiary/aromatic N) is 3. The number of hydrogen-bond acceptors (Lipinski definition) is 6. The van der Waals surface area contributed by atoms with Crippen LogP contribution in [0.15, 0.2) is 35.7 Å². The Balaban J connectivity index is -0.000000471. The van der Waals surface area contributed by atoms with Crippen LogP contribution in [0, 0.1) is 0 Å². The summed E-state index contributed by atoms with van der Waals surface area (Å²) in [5.74, 6) is 1.45. The van der Waals surface area contributed by atoms with Crippen molar-refractivity contribution in [2.75, 3.05) is 11.1 Å². The normalized spacial score (nSPS) is 11.6. The first-order valence-electron chi connectivity index (χ1n) is 5.67. The molecule has 2 aromatic rings. The van der Waals surface area contributed by atoms with Gasteiger partial charge in [0.15, 0.2) is 0 Å². The van der Waals surface area contributed by atoms with E-state index in [1.54, 1.807) is 12.1 Å². The minimum Gasteiger partial charge on any atom is -1.00 e. The zero-order chi connectivity index (χ0) is 15.1. The summed E-state index contributed by atoms with van der Waals surface area (Å²) in [5, 5.41) is 5.60. The quantitative estimate of drug-likeness (QED) is 0.525. The molecule has 114 valence electrons. The standard InChI is InChI=1S/C9H5Cl3N4.C3H4S2.2Na.2H/c10-5-3-1-2-4-6(5)13-9-15-7(11)14-8(12)16-9;1-2-4-5-3-1;;;;/h1-4H,(H,13,14,15,16);1-2H,3H2;;;;/q;;2*+1;2*-1. The third-order valence-corrected chi connectivity index (χ3v) is 4.67. The Bertz CT molecular complexity index is 633. The molecular weight excluding hydrogens is 417 g/mol. The van der Waals surface area contributed by atoms with Crippen molar-refractivity contribution in [1.29, 1.82) is 0 Å². The van der Waals surface area contributed by atoms with Gasteiger partial charge in [0.2, 0.25) is 16.5 Å². The average Bonchev–Trinajstić information content (AvgIpc) is 2.99. The number of anilines is 2. The first-order chi connectivity index (χ1) is 10.1. The van der Waals surface area contributed by atoms with Gasteiger partial charge in [-0.1, -0.05) is 51.4 Å². The van der Waals surface area contributed by atoms with Gasteiger partial charge in [0.05, 0.1) is 10.7 Å². The van der Waals surface area contributed by atoms with Crippen molar-refractivity contribution in [2.24, 2.45) is 0 Å². The summed E-state index contributed by atoms with van der Waals surface area (Å²) in [4.78, 5) is 11.4. The van der Waals surface area contributed by atoms with E-state index in [0.717, 1.165) is 0 Å². The van der Waals surface area contributed by atoms with Gasteiger partial charge in [0.25, 0.3) is 0 Å². The third kappa shape index (κ3) is 9.56. The maximum atomic E-state index is 5.95. The Kier molecular flexibility index (Phi) is 14.3. The molecule has 0 saturated carbocycles. The van der Waals surface area contributed by atoms with E-state index in [9.17, 15) is 0 Å². The van der Waals surface area contributed by atoms with Crippen molar-refractivity contribution in [3.8, 4) is 0 Å². The average molecular weight is 428 g/mol. The number of halogens is 3. The summed E-state index contributed by atoms with van der Waals surface area (Å²) in [6.07, 6.45) is 2.16. The van der Waals surface area contributed by atoms with Gasteiger partial charge in [-0.25, -0.2) is 0 Å². The van der Waals surface area contributed by atoms with Crippen molar-refractivity contribution in [1.82, 2.24) is 15.0 Å². The van der Waals surface area contributed by atoms with Crippen LogP contribution in [-0.2, 0) is 0 Å². The first kappa shape index (κ1) is 24.3. The summed E-state index contributed by atoms with van der Waals surface area (Å²) in [7, 11) is 3.69. The van der Waals surface area contributed by atoms with E-state index < -0.39 is 0 Å². The van der Waals surface area contributed by atoms with Crippen LogP contribution in [0.2, 0.25) is 15.6 Å². The first-order valence-corrected chi connectivity index (χ1v) is 9.18. The van der Waals surface area contributed by atoms with Gasteiger partial charge >= 0.3 is 59.1 Å². The zero-order valence-corrected chi connectivity index (χ0v) is 20.4. The number of rotatable bonds is 2. The summed E-state index contributed by atoms with van der Waals surface area (Å²) < 4.78 is 0. The van der Waals surface area contributed by atoms with Gasteiger partial charge < -0.3 is 8.17 Å². The molecule has 0 bridgehead atoms. The molecule has 11 heteroatoms. The van der Waals surface area contributed by atoms with Crippen LogP contribution < -0.4 is 64.4 Å². The second kappa shape index (κ2) is 13.5. The van der Waals surface area contributed by atoms with Gasteiger partial charge in [-0.3, -0.25) is 0 Å². The second-order valence-corrected chi connectivity index (χ2v) is 6.96. The van der Waals surface area contributed by atoms with Gasteiger partial charge in [0, 0.05) is 5.75 Å². The molecule has 0 spiro atoms. The summed E-state index contributed by atoms with van der Waals surface area (Å²) in [6, 6.07) is 7.18. The molecule has 0 unspecified atom stereocenters. The van der Waals surface area contributed by atoms with Crippen LogP contribution in [-0.4, -0.2) is 20.7 Å².